The summed E-state index contributed by atoms with van der Waals surface area (Å²) in [7, 11) is 0. The number of carbonyl (C=O) groups excluding carboxylic acids is 1. The van der Waals surface area contributed by atoms with Gasteiger partial charge in [0.1, 0.15) is 0 Å². The summed E-state index contributed by atoms with van der Waals surface area (Å²) in [6.07, 6.45) is -5.52. The van der Waals surface area contributed by atoms with Crippen molar-refractivity contribution in [2.75, 3.05) is 39.3 Å². The summed E-state index contributed by atoms with van der Waals surface area (Å²) in [5.41, 5.74) is 0. The van der Waals surface area contributed by atoms with Gasteiger partial charge in [-0.1, -0.05) is 0 Å². The van der Waals surface area contributed by atoms with Crippen LogP contribution >= 0.6 is 0 Å². The molecule has 0 aromatic heterocycles. The Morgan fingerprint density at radius 2 is 1.74 bits per heavy atom. The molecule has 1 amide bonds. The second-order valence-corrected chi connectivity index (χ2v) is 4.27. The number of nitrogens with zero attached hydrogens (tertiary/aromatic N) is 1. The average molecular weight is 289 g/mol. The van der Waals surface area contributed by atoms with Gasteiger partial charge in [-0.3, -0.25) is 4.79 Å². The molecule has 0 aromatic carbocycles. The van der Waals surface area contributed by atoms with Crippen LogP contribution in [0, 0.1) is 0 Å². The molecule has 19 heavy (non-hydrogen) atoms. The van der Waals surface area contributed by atoms with Gasteiger partial charge in [0, 0.05) is 32.7 Å². The maximum atomic E-state index is 12.6. The Morgan fingerprint density at radius 3 is 2.26 bits per heavy atom. The lowest BCUT2D eigenvalue weighted by atomic mass is 10.3. The molecule has 0 bridgehead atoms. The van der Waals surface area contributed by atoms with Gasteiger partial charge in [0.05, 0.1) is 0 Å². The van der Waals surface area contributed by atoms with Gasteiger partial charge in [-0.05, 0) is 13.0 Å². The lowest BCUT2D eigenvalue weighted by Gasteiger charge is -2.27. The van der Waals surface area contributed by atoms with Crippen molar-refractivity contribution < 1.29 is 26.7 Å². The van der Waals surface area contributed by atoms with E-state index in [0.29, 0.717) is 13.0 Å². The predicted octanol–water partition coefficient (Wildman–Crippen LogP) is 0.595. The van der Waals surface area contributed by atoms with Crippen LogP contribution in [0.2, 0.25) is 0 Å². The number of alkyl halides is 5. The minimum Gasteiger partial charge on any atom is -0.351 e. The highest BCUT2D eigenvalue weighted by Gasteiger charge is 2.63. The van der Waals surface area contributed by atoms with E-state index in [0.717, 1.165) is 26.2 Å². The lowest BCUT2D eigenvalue weighted by Crippen LogP contribution is -2.51. The number of halogens is 5. The number of carbonyl (C=O) groups is 1. The Kier molecular flexibility index (Phi) is 5.48. The fraction of sp³-hybridized carbons (Fsp3) is 0.900. The Labute approximate surface area is 107 Å². The monoisotopic (exact) mass is 289 g/mol. The van der Waals surface area contributed by atoms with E-state index in [1.54, 1.807) is 5.32 Å². The van der Waals surface area contributed by atoms with Crippen LogP contribution < -0.4 is 10.6 Å². The molecule has 4 nitrogen and oxygen atoms in total. The fourth-order valence-corrected chi connectivity index (χ4v) is 1.68. The van der Waals surface area contributed by atoms with E-state index in [9.17, 15) is 26.7 Å². The highest BCUT2D eigenvalue weighted by Crippen LogP contribution is 2.35. The molecule has 112 valence electrons. The van der Waals surface area contributed by atoms with Crippen molar-refractivity contribution in [3.63, 3.8) is 0 Å². The molecule has 1 saturated heterocycles. The fourth-order valence-electron chi connectivity index (χ4n) is 1.68. The molecule has 0 aromatic rings. The molecule has 1 heterocycles. The topological polar surface area (TPSA) is 44.4 Å². The Balaban J connectivity index is 2.23. The molecule has 0 atom stereocenters. The summed E-state index contributed by atoms with van der Waals surface area (Å²) in [6, 6.07) is 0. The average Bonchev–Trinajstić information content (AvgIpc) is 2.34. The van der Waals surface area contributed by atoms with Crippen LogP contribution in [0.3, 0.4) is 0 Å². The number of nitrogens with one attached hydrogen (secondary N) is 2. The van der Waals surface area contributed by atoms with Crippen LogP contribution in [0.1, 0.15) is 6.42 Å². The SMILES string of the molecule is O=C(NCCCN1CCNCC1)C(F)(F)C(F)(F)F. The molecule has 1 fully saturated rings. The number of piperazine rings is 1. The van der Waals surface area contributed by atoms with Crippen molar-refractivity contribution in [2.45, 2.75) is 18.5 Å². The van der Waals surface area contributed by atoms with Gasteiger partial charge in [0.15, 0.2) is 0 Å². The molecular formula is C10H16F5N3O. The maximum Gasteiger partial charge on any atom is 0.463 e. The molecule has 1 aliphatic rings. The molecule has 0 aliphatic carbocycles. The van der Waals surface area contributed by atoms with Crippen molar-refractivity contribution in [2.24, 2.45) is 0 Å². The summed E-state index contributed by atoms with van der Waals surface area (Å²) >= 11 is 0. The lowest BCUT2D eigenvalue weighted by molar-refractivity contribution is -0.269. The molecule has 2 N–H and O–H groups in total. The third kappa shape index (κ3) is 4.57. The largest absolute Gasteiger partial charge is 0.463 e. The number of amides is 1. The van der Waals surface area contributed by atoms with Gasteiger partial charge < -0.3 is 15.5 Å². The van der Waals surface area contributed by atoms with Gasteiger partial charge in [0.25, 0.3) is 5.91 Å². The van der Waals surface area contributed by atoms with E-state index in [2.05, 4.69) is 5.32 Å². The third-order valence-electron chi connectivity index (χ3n) is 2.79. The van der Waals surface area contributed by atoms with Gasteiger partial charge in [-0.25, -0.2) is 0 Å². The van der Waals surface area contributed by atoms with Gasteiger partial charge in [-0.15, -0.1) is 0 Å². The minimum atomic E-state index is -5.85. The third-order valence-corrected chi connectivity index (χ3v) is 2.79. The smallest absolute Gasteiger partial charge is 0.351 e. The first-order valence-corrected chi connectivity index (χ1v) is 5.91. The van der Waals surface area contributed by atoms with Crippen molar-refractivity contribution >= 4 is 5.91 Å². The van der Waals surface area contributed by atoms with E-state index in [4.69, 9.17) is 0 Å². The Morgan fingerprint density at radius 1 is 1.16 bits per heavy atom. The summed E-state index contributed by atoms with van der Waals surface area (Å²) in [4.78, 5) is 12.8. The second-order valence-electron chi connectivity index (χ2n) is 4.27. The number of rotatable bonds is 5. The summed E-state index contributed by atoms with van der Waals surface area (Å²) < 4.78 is 60.7. The van der Waals surface area contributed by atoms with Gasteiger partial charge in [-0.2, -0.15) is 22.0 Å². The summed E-state index contributed by atoms with van der Waals surface area (Å²) in [5.74, 6) is -7.62. The standard InChI is InChI=1S/C10H16F5N3O/c11-9(12,10(13,14)15)8(19)17-2-1-5-18-6-3-16-4-7-18/h16H,1-7H2,(H,17,19). The first-order valence-electron chi connectivity index (χ1n) is 5.91. The molecule has 0 spiro atoms. The van der Waals surface area contributed by atoms with Crippen LogP contribution in [-0.4, -0.2) is 62.2 Å². The normalized spacial score (nSPS) is 18.4. The number of hydrogen-bond donors (Lipinski definition) is 2. The van der Waals surface area contributed by atoms with E-state index < -0.39 is 18.0 Å². The van der Waals surface area contributed by atoms with E-state index in [1.165, 1.54) is 0 Å². The summed E-state index contributed by atoms with van der Waals surface area (Å²) in [5, 5.41) is 4.74. The minimum absolute atomic E-state index is 0.200. The van der Waals surface area contributed by atoms with E-state index >= 15 is 0 Å². The van der Waals surface area contributed by atoms with Crippen LogP contribution in [0.5, 0.6) is 0 Å². The number of hydrogen-bond acceptors (Lipinski definition) is 3. The van der Waals surface area contributed by atoms with Crippen LogP contribution in [0.15, 0.2) is 0 Å². The molecule has 1 rings (SSSR count). The predicted molar refractivity (Wildman–Crippen MR) is 57.9 cm³/mol. The van der Waals surface area contributed by atoms with Crippen molar-refractivity contribution in [3.05, 3.63) is 0 Å². The van der Waals surface area contributed by atoms with Crippen molar-refractivity contribution in [1.29, 1.82) is 0 Å². The van der Waals surface area contributed by atoms with E-state index in [-0.39, 0.29) is 6.54 Å². The van der Waals surface area contributed by atoms with Crippen LogP contribution in [0.4, 0.5) is 22.0 Å². The van der Waals surface area contributed by atoms with Gasteiger partial charge >= 0.3 is 12.1 Å². The van der Waals surface area contributed by atoms with E-state index in [1.807, 2.05) is 4.90 Å². The van der Waals surface area contributed by atoms with Crippen molar-refractivity contribution in [1.82, 2.24) is 15.5 Å². The highest BCUT2D eigenvalue weighted by atomic mass is 19.4. The Hall–Kier alpha value is -0.960. The van der Waals surface area contributed by atoms with Gasteiger partial charge in [0.2, 0.25) is 0 Å². The van der Waals surface area contributed by atoms with Crippen LogP contribution in [0.25, 0.3) is 0 Å². The maximum absolute atomic E-state index is 12.6. The molecular weight excluding hydrogens is 273 g/mol. The summed E-state index contributed by atoms with van der Waals surface area (Å²) in [6.45, 7) is 3.59. The first-order chi connectivity index (χ1) is 8.75. The first kappa shape index (κ1) is 16.1. The Bertz CT molecular complexity index is 302. The molecule has 9 heteroatoms. The second kappa shape index (κ2) is 6.47. The van der Waals surface area contributed by atoms with Crippen LogP contribution in [-0.2, 0) is 4.79 Å². The zero-order valence-electron chi connectivity index (χ0n) is 10.2. The molecule has 0 saturated carbocycles. The quantitative estimate of drug-likeness (QED) is 0.575. The molecule has 0 unspecified atom stereocenters. The van der Waals surface area contributed by atoms with Crippen molar-refractivity contribution in [3.8, 4) is 0 Å². The highest BCUT2D eigenvalue weighted by molar-refractivity contribution is 5.84. The zero-order valence-corrected chi connectivity index (χ0v) is 10.2. The molecule has 0 radical (unpaired) electrons. The zero-order chi connectivity index (χ0) is 14.5. The molecule has 1 aliphatic heterocycles.